The van der Waals surface area contributed by atoms with Crippen LogP contribution in [0.15, 0.2) is 42.5 Å². The molecular weight excluding hydrogens is 431 g/mol. The van der Waals surface area contributed by atoms with Crippen molar-refractivity contribution in [2.75, 3.05) is 10.6 Å². The number of anilines is 1. The number of hydrogen-bond donors (Lipinski definition) is 1. The van der Waals surface area contributed by atoms with Crippen LogP contribution in [0.5, 0.6) is 0 Å². The van der Waals surface area contributed by atoms with Crippen molar-refractivity contribution in [1.82, 2.24) is 5.32 Å². The molecule has 9 heteroatoms. The maximum atomic E-state index is 12.8. The zero-order valence-electron chi connectivity index (χ0n) is 14.7. The van der Waals surface area contributed by atoms with Gasteiger partial charge in [0.1, 0.15) is 6.04 Å². The fourth-order valence-corrected chi connectivity index (χ4v) is 4.50. The number of nitrogens with one attached hydrogen (secondary N) is 1. The van der Waals surface area contributed by atoms with Crippen molar-refractivity contribution in [3.8, 4) is 0 Å². The summed E-state index contributed by atoms with van der Waals surface area (Å²) in [6.07, 6.45) is 1.33. The molecule has 0 heterocycles. The summed E-state index contributed by atoms with van der Waals surface area (Å²) in [4.78, 5) is 12.8. The van der Waals surface area contributed by atoms with E-state index in [1.165, 1.54) is 6.07 Å². The van der Waals surface area contributed by atoms with Crippen LogP contribution in [-0.2, 0) is 21.4 Å². The second-order valence-corrected chi connectivity index (χ2v) is 9.06. The molecule has 0 fully saturated rings. The third kappa shape index (κ3) is 5.75. The summed E-state index contributed by atoms with van der Waals surface area (Å²) >= 11 is 18.0. The highest BCUT2D eigenvalue weighted by atomic mass is 35.5. The Morgan fingerprint density at radius 3 is 2.33 bits per heavy atom. The van der Waals surface area contributed by atoms with Gasteiger partial charge in [-0.05, 0) is 42.3 Å². The molecule has 1 atom stereocenters. The zero-order chi connectivity index (χ0) is 20.2. The summed E-state index contributed by atoms with van der Waals surface area (Å²) in [5.41, 5.74) is 1.01. The summed E-state index contributed by atoms with van der Waals surface area (Å²) in [5.74, 6) is -0.436. The van der Waals surface area contributed by atoms with Gasteiger partial charge in [-0.1, -0.05) is 53.9 Å². The molecule has 0 aliphatic heterocycles. The lowest BCUT2D eigenvalue weighted by atomic mass is 10.1. The van der Waals surface area contributed by atoms with Gasteiger partial charge < -0.3 is 5.32 Å². The van der Waals surface area contributed by atoms with E-state index in [0.717, 1.165) is 10.6 Å². The first-order chi connectivity index (χ1) is 12.6. The van der Waals surface area contributed by atoms with Crippen LogP contribution in [0.3, 0.4) is 0 Å². The standard InChI is InChI=1S/C18H19Cl3N2O3S/c1-3-17(18(24)22-11-12-7-8-14(20)10-16(12)21)23(27(2,25)26)15-6-4-5-13(19)9-15/h4-10,17H,3,11H2,1-2H3,(H,22,24)/t17-/m0/s1. The van der Waals surface area contributed by atoms with Crippen molar-refractivity contribution in [1.29, 1.82) is 0 Å². The third-order valence-corrected chi connectivity index (χ3v) is 5.86. The zero-order valence-corrected chi connectivity index (χ0v) is 17.8. The first-order valence-corrected chi connectivity index (χ1v) is 11.1. The van der Waals surface area contributed by atoms with E-state index in [4.69, 9.17) is 34.8 Å². The number of rotatable bonds is 7. The molecule has 0 aliphatic carbocycles. The smallest absolute Gasteiger partial charge is 0.244 e. The van der Waals surface area contributed by atoms with Gasteiger partial charge in [-0.2, -0.15) is 0 Å². The van der Waals surface area contributed by atoms with Gasteiger partial charge in [-0.3, -0.25) is 9.10 Å². The number of halogens is 3. The lowest BCUT2D eigenvalue weighted by Crippen LogP contribution is -2.49. The summed E-state index contributed by atoms with van der Waals surface area (Å²) < 4.78 is 25.8. The van der Waals surface area contributed by atoms with E-state index < -0.39 is 22.0 Å². The maximum absolute atomic E-state index is 12.8. The number of carbonyl (C=O) groups excluding carboxylic acids is 1. The monoisotopic (exact) mass is 448 g/mol. The molecule has 2 aromatic carbocycles. The molecule has 0 saturated heterocycles. The third-order valence-electron chi connectivity index (χ3n) is 3.86. The highest BCUT2D eigenvalue weighted by Crippen LogP contribution is 2.26. The van der Waals surface area contributed by atoms with E-state index in [2.05, 4.69) is 5.32 Å². The number of sulfonamides is 1. The molecule has 0 aliphatic rings. The van der Waals surface area contributed by atoms with Crippen LogP contribution in [0.1, 0.15) is 18.9 Å². The number of nitrogens with zero attached hydrogens (tertiary/aromatic N) is 1. The number of hydrogen-bond acceptors (Lipinski definition) is 3. The van der Waals surface area contributed by atoms with Crippen LogP contribution in [0.2, 0.25) is 15.1 Å². The van der Waals surface area contributed by atoms with Gasteiger partial charge in [0.15, 0.2) is 0 Å². The Morgan fingerprint density at radius 2 is 1.78 bits per heavy atom. The Bertz CT molecular complexity index is 935. The van der Waals surface area contributed by atoms with Gasteiger partial charge in [0.05, 0.1) is 11.9 Å². The van der Waals surface area contributed by atoms with Gasteiger partial charge in [-0.15, -0.1) is 0 Å². The van der Waals surface area contributed by atoms with E-state index in [0.29, 0.717) is 26.3 Å². The molecular formula is C18H19Cl3N2O3S. The Balaban J connectivity index is 2.26. The SMILES string of the molecule is CC[C@@H](C(=O)NCc1ccc(Cl)cc1Cl)N(c1cccc(Cl)c1)S(C)(=O)=O. The normalized spacial score (nSPS) is 12.5. The predicted molar refractivity (Wildman–Crippen MR) is 111 cm³/mol. The molecule has 0 saturated carbocycles. The fraction of sp³-hybridized carbons (Fsp3) is 0.278. The fourth-order valence-electron chi connectivity index (χ4n) is 2.64. The van der Waals surface area contributed by atoms with Crippen LogP contribution >= 0.6 is 34.8 Å². The van der Waals surface area contributed by atoms with Crippen molar-refractivity contribution < 1.29 is 13.2 Å². The van der Waals surface area contributed by atoms with Crippen LogP contribution in [0.4, 0.5) is 5.69 Å². The van der Waals surface area contributed by atoms with Gasteiger partial charge in [-0.25, -0.2) is 8.42 Å². The van der Waals surface area contributed by atoms with E-state index in [1.807, 2.05) is 0 Å². The Kier molecular flexibility index (Phi) is 7.40. The number of benzene rings is 2. The minimum absolute atomic E-state index is 0.151. The molecule has 2 aromatic rings. The highest BCUT2D eigenvalue weighted by molar-refractivity contribution is 7.92. The molecule has 0 aromatic heterocycles. The van der Waals surface area contributed by atoms with Crippen molar-refractivity contribution in [3.63, 3.8) is 0 Å². The van der Waals surface area contributed by atoms with Crippen LogP contribution in [0, 0.1) is 0 Å². The predicted octanol–water partition coefficient (Wildman–Crippen LogP) is 4.51. The van der Waals surface area contributed by atoms with Crippen LogP contribution < -0.4 is 9.62 Å². The van der Waals surface area contributed by atoms with E-state index >= 15 is 0 Å². The summed E-state index contributed by atoms with van der Waals surface area (Å²) in [6, 6.07) is 10.4. The van der Waals surface area contributed by atoms with E-state index in [-0.39, 0.29) is 13.0 Å². The quantitative estimate of drug-likeness (QED) is 0.676. The van der Waals surface area contributed by atoms with Gasteiger partial charge in [0.2, 0.25) is 15.9 Å². The molecule has 5 nitrogen and oxygen atoms in total. The lowest BCUT2D eigenvalue weighted by Gasteiger charge is -2.30. The molecule has 0 radical (unpaired) electrons. The largest absolute Gasteiger partial charge is 0.350 e. The molecule has 27 heavy (non-hydrogen) atoms. The topological polar surface area (TPSA) is 66.5 Å². The minimum Gasteiger partial charge on any atom is -0.350 e. The molecule has 2 rings (SSSR count). The summed E-state index contributed by atoms with van der Waals surface area (Å²) in [5, 5.41) is 4.03. The second-order valence-electron chi connectivity index (χ2n) is 5.92. The Labute approximate surface area is 174 Å². The minimum atomic E-state index is -3.72. The molecule has 1 N–H and O–H groups in total. The summed E-state index contributed by atoms with van der Waals surface area (Å²) in [6.45, 7) is 1.89. The highest BCUT2D eigenvalue weighted by Gasteiger charge is 2.31. The van der Waals surface area contributed by atoms with Crippen molar-refractivity contribution >= 4 is 56.4 Å². The molecule has 146 valence electrons. The maximum Gasteiger partial charge on any atom is 0.244 e. The number of carbonyl (C=O) groups is 1. The van der Waals surface area contributed by atoms with Crippen LogP contribution in [-0.4, -0.2) is 26.6 Å². The lowest BCUT2D eigenvalue weighted by molar-refractivity contribution is -0.122. The molecule has 1 amide bonds. The Hall–Kier alpha value is -1.47. The average Bonchev–Trinajstić information content (AvgIpc) is 2.57. The van der Waals surface area contributed by atoms with Gasteiger partial charge in [0.25, 0.3) is 0 Å². The van der Waals surface area contributed by atoms with Crippen molar-refractivity contribution in [2.45, 2.75) is 25.9 Å². The average molecular weight is 450 g/mol. The van der Waals surface area contributed by atoms with E-state index in [1.54, 1.807) is 43.3 Å². The van der Waals surface area contributed by atoms with E-state index in [9.17, 15) is 13.2 Å². The number of amides is 1. The first kappa shape index (κ1) is 21.8. The van der Waals surface area contributed by atoms with Crippen molar-refractivity contribution in [3.05, 3.63) is 63.1 Å². The van der Waals surface area contributed by atoms with Crippen molar-refractivity contribution in [2.24, 2.45) is 0 Å². The van der Waals surface area contributed by atoms with Gasteiger partial charge in [0, 0.05) is 21.6 Å². The molecule has 0 unspecified atom stereocenters. The molecule has 0 bridgehead atoms. The molecule has 0 spiro atoms. The Morgan fingerprint density at radius 1 is 1.11 bits per heavy atom. The summed E-state index contributed by atoms with van der Waals surface area (Å²) in [7, 11) is -3.72. The van der Waals surface area contributed by atoms with Crippen LogP contribution in [0.25, 0.3) is 0 Å². The first-order valence-electron chi connectivity index (χ1n) is 8.10. The van der Waals surface area contributed by atoms with Gasteiger partial charge >= 0.3 is 0 Å². The second kappa shape index (κ2) is 9.15.